The number of alkyl carbamates (subject to hydrolysis) is 1. The number of hydrogen-bond donors (Lipinski definition) is 1. The zero-order valence-corrected chi connectivity index (χ0v) is 17.7. The van der Waals surface area contributed by atoms with Crippen LogP contribution in [0.3, 0.4) is 0 Å². The standard InChI is InChI=1S/C23H31NO5/c1-5-8-24-22(25)27-12-23-11-26-21(20(16(23)4)14(2)9-15(23)3)17-6-7-18-19(10-17)29-13-28-18/h6-7,9-10,15-16,20-21H,5,8,11-13H2,1-4H3,(H,24,25)/t15-,16-,20+,21+,23+/m1/s1. The summed E-state index contributed by atoms with van der Waals surface area (Å²) in [5.74, 6) is 2.36. The van der Waals surface area contributed by atoms with Crippen LogP contribution in [0.15, 0.2) is 29.8 Å². The Kier molecular flexibility index (Phi) is 5.47. The van der Waals surface area contributed by atoms with Crippen molar-refractivity contribution in [3.05, 3.63) is 35.4 Å². The van der Waals surface area contributed by atoms with E-state index in [9.17, 15) is 4.79 Å². The number of hydrogen-bond acceptors (Lipinski definition) is 5. The van der Waals surface area contributed by atoms with Crippen LogP contribution in [0, 0.1) is 23.2 Å². The van der Waals surface area contributed by atoms with E-state index in [4.69, 9.17) is 18.9 Å². The van der Waals surface area contributed by atoms with E-state index in [1.54, 1.807) is 0 Å². The fourth-order valence-corrected chi connectivity index (χ4v) is 5.13. The molecular weight excluding hydrogens is 370 g/mol. The number of fused-ring (bicyclic) bond motifs is 3. The maximum Gasteiger partial charge on any atom is 0.407 e. The number of benzene rings is 1. The first-order chi connectivity index (χ1) is 14.0. The summed E-state index contributed by atoms with van der Waals surface area (Å²) in [7, 11) is 0. The van der Waals surface area contributed by atoms with Gasteiger partial charge in [0.2, 0.25) is 6.79 Å². The van der Waals surface area contributed by atoms with Gasteiger partial charge in [-0.3, -0.25) is 0 Å². The molecule has 5 atom stereocenters. The predicted octanol–water partition coefficient (Wildman–Crippen LogP) is 4.46. The van der Waals surface area contributed by atoms with E-state index in [1.807, 2.05) is 19.1 Å². The number of carbonyl (C=O) groups excluding carboxylic acids is 1. The van der Waals surface area contributed by atoms with Crippen LogP contribution < -0.4 is 14.8 Å². The van der Waals surface area contributed by atoms with Crippen molar-refractivity contribution in [2.75, 3.05) is 26.6 Å². The topological polar surface area (TPSA) is 66.0 Å². The van der Waals surface area contributed by atoms with Gasteiger partial charge in [0, 0.05) is 17.9 Å². The third kappa shape index (κ3) is 3.48. The lowest BCUT2D eigenvalue weighted by Gasteiger charge is -2.55. The van der Waals surface area contributed by atoms with E-state index in [2.05, 4.69) is 38.2 Å². The van der Waals surface area contributed by atoms with Gasteiger partial charge in [0.15, 0.2) is 11.5 Å². The summed E-state index contributed by atoms with van der Waals surface area (Å²) in [5.41, 5.74) is 2.21. The fourth-order valence-electron chi connectivity index (χ4n) is 5.13. The summed E-state index contributed by atoms with van der Waals surface area (Å²) >= 11 is 0. The Labute approximate surface area is 172 Å². The Bertz CT molecular complexity index is 806. The zero-order chi connectivity index (χ0) is 20.6. The van der Waals surface area contributed by atoms with E-state index in [-0.39, 0.29) is 36.2 Å². The minimum atomic E-state index is -0.346. The molecule has 6 nitrogen and oxygen atoms in total. The molecule has 2 heterocycles. The van der Waals surface area contributed by atoms with Gasteiger partial charge >= 0.3 is 6.09 Å². The van der Waals surface area contributed by atoms with Crippen molar-refractivity contribution >= 4 is 6.09 Å². The second-order valence-corrected chi connectivity index (χ2v) is 8.59. The van der Waals surface area contributed by atoms with Crippen LogP contribution in [0.4, 0.5) is 4.79 Å². The minimum Gasteiger partial charge on any atom is -0.454 e. The first-order valence-corrected chi connectivity index (χ1v) is 10.6. The van der Waals surface area contributed by atoms with Gasteiger partial charge in [0.25, 0.3) is 0 Å². The zero-order valence-electron chi connectivity index (χ0n) is 17.7. The second kappa shape index (κ2) is 7.90. The van der Waals surface area contributed by atoms with Gasteiger partial charge in [-0.2, -0.15) is 0 Å². The highest BCUT2D eigenvalue weighted by Crippen LogP contribution is 2.56. The van der Waals surface area contributed by atoms with Crippen molar-refractivity contribution in [3.63, 3.8) is 0 Å². The molecule has 1 aromatic carbocycles. The molecule has 0 radical (unpaired) electrons. The Morgan fingerprint density at radius 3 is 2.86 bits per heavy atom. The van der Waals surface area contributed by atoms with E-state index < -0.39 is 0 Å². The average molecular weight is 402 g/mol. The van der Waals surface area contributed by atoms with E-state index >= 15 is 0 Å². The minimum absolute atomic E-state index is 0.0507. The van der Waals surface area contributed by atoms with Gasteiger partial charge in [-0.25, -0.2) is 4.79 Å². The number of rotatable bonds is 5. The van der Waals surface area contributed by atoms with Crippen molar-refractivity contribution in [2.24, 2.45) is 23.2 Å². The van der Waals surface area contributed by atoms with Crippen LogP contribution in [0.25, 0.3) is 0 Å². The largest absolute Gasteiger partial charge is 0.454 e. The number of ether oxygens (including phenoxy) is 4. The van der Waals surface area contributed by atoms with Gasteiger partial charge in [-0.1, -0.05) is 38.5 Å². The predicted molar refractivity (Wildman–Crippen MR) is 109 cm³/mol. The van der Waals surface area contributed by atoms with Crippen LogP contribution >= 0.6 is 0 Å². The van der Waals surface area contributed by atoms with Crippen LogP contribution in [0.2, 0.25) is 0 Å². The molecule has 0 unspecified atom stereocenters. The second-order valence-electron chi connectivity index (χ2n) is 8.59. The van der Waals surface area contributed by atoms with E-state index in [1.165, 1.54) is 5.57 Å². The third-order valence-electron chi connectivity index (χ3n) is 6.97. The maximum absolute atomic E-state index is 12.1. The molecule has 29 heavy (non-hydrogen) atoms. The van der Waals surface area contributed by atoms with Crippen molar-refractivity contribution in [1.82, 2.24) is 5.32 Å². The number of amides is 1. The smallest absolute Gasteiger partial charge is 0.407 e. The molecule has 158 valence electrons. The van der Waals surface area contributed by atoms with Gasteiger partial charge < -0.3 is 24.3 Å². The molecular formula is C23H31NO5. The molecule has 2 bridgehead atoms. The van der Waals surface area contributed by atoms with Crippen LogP contribution in [0.5, 0.6) is 11.5 Å². The number of allylic oxidation sites excluding steroid dienone is 1. The van der Waals surface area contributed by atoms with E-state index in [0.717, 1.165) is 23.5 Å². The highest BCUT2D eigenvalue weighted by Gasteiger charge is 2.54. The summed E-state index contributed by atoms with van der Waals surface area (Å²) in [6.45, 7) is 10.5. The van der Waals surface area contributed by atoms with Gasteiger partial charge in [-0.05, 0) is 42.9 Å². The molecule has 1 saturated heterocycles. The molecule has 1 N–H and O–H groups in total. The van der Waals surface area contributed by atoms with Gasteiger partial charge in [0.05, 0.1) is 12.7 Å². The molecule has 0 aromatic heterocycles. The summed E-state index contributed by atoms with van der Waals surface area (Å²) < 4.78 is 23.1. The Morgan fingerprint density at radius 1 is 1.28 bits per heavy atom. The first kappa shape index (κ1) is 20.1. The van der Waals surface area contributed by atoms with Gasteiger partial charge in [-0.15, -0.1) is 0 Å². The lowest BCUT2D eigenvalue weighted by atomic mass is 9.56. The van der Waals surface area contributed by atoms with Gasteiger partial charge in [0.1, 0.15) is 6.61 Å². The van der Waals surface area contributed by atoms with Crippen molar-refractivity contribution in [2.45, 2.75) is 40.2 Å². The highest BCUT2D eigenvalue weighted by molar-refractivity contribution is 5.67. The first-order valence-electron chi connectivity index (χ1n) is 10.6. The molecule has 0 spiro atoms. The Balaban J connectivity index is 1.57. The molecule has 1 aliphatic carbocycles. The normalized spacial score (nSPS) is 32.5. The lowest BCUT2D eigenvalue weighted by molar-refractivity contribution is -0.165. The maximum atomic E-state index is 12.1. The monoisotopic (exact) mass is 401 g/mol. The van der Waals surface area contributed by atoms with Crippen molar-refractivity contribution in [3.8, 4) is 11.5 Å². The molecule has 1 amide bonds. The van der Waals surface area contributed by atoms with E-state index in [0.29, 0.717) is 25.7 Å². The molecule has 1 fully saturated rings. The summed E-state index contributed by atoms with van der Waals surface area (Å²) in [5, 5.41) is 2.80. The quantitative estimate of drug-likeness (QED) is 0.738. The summed E-state index contributed by atoms with van der Waals surface area (Å²) in [6, 6.07) is 6.06. The Morgan fingerprint density at radius 2 is 2.07 bits per heavy atom. The Hall–Kier alpha value is -2.21. The van der Waals surface area contributed by atoms with Crippen LogP contribution in [0.1, 0.15) is 45.8 Å². The SMILES string of the molecule is CCCNC(=O)OC[C@@]12CO[C@@H](c3ccc4c(c3)OCO4)[C@@H](C(C)=C[C@H]1C)[C@H]2C. The highest BCUT2D eigenvalue weighted by atomic mass is 16.7. The molecule has 6 heteroatoms. The lowest BCUT2D eigenvalue weighted by Crippen LogP contribution is -2.54. The van der Waals surface area contributed by atoms with Crippen molar-refractivity contribution < 1.29 is 23.7 Å². The number of carbonyl (C=O) groups is 1. The third-order valence-corrected chi connectivity index (χ3v) is 6.97. The van der Waals surface area contributed by atoms with Crippen molar-refractivity contribution in [1.29, 1.82) is 0 Å². The molecule has 3 aliphatic rings. The molecule has 0 saturated carbocycles. The molecule has 4 rings (SSSR count). The molecule has 1 aromatic rings. The fraction of sp³-hybridized carbons (Fsp3) is 0.609. The summed E-state index contributed by atoms with van der Waals surface area (Å²) in [4.78, 5) is 12.1. The van der Waals surface area contributed by atoms with Crippen LogP contribution in [-0.2, 0) is 9.47 Å². The molecule has 2 aliphatic heterocycles. The summed E-state index contributed by atoms with van der Waals surface area (Å²) in [6.07, 6.45) is 2.82. The van der Waals surface area contributed by atoms with Crippen LogP contribution in [-0.4, -0.2) is 32.6 Å². The number of nitrogens with one attached hydrogen (secondary N) is 1. The average Bonchev–Trinajstić information content (AvgIpc) is 3.17.